The maximum Gasteiger partial charge on any atom is 0.276 e. The summed E-state index contributed by atoms with van der Waals surface area (Å²) in [7, 11) is 0. The van der Waals surface area contributed by atoms with Crippen molar-refractivity contribution in [2.75, 3.05) is 0 Å². The molecule has 0 heterocycles. The predicted molar refractivity (Wildman–Crippen MR) is 82.9 cm³/mol. The summed E-state index contributed by atoms with van der Waals surface area (Å²) in [5.41, 5.74) is 7.59. The first-order valence-electron chi connectivity index (χ1n) is 7.08. The van der Waals surface area contributed by atoms with Crippen LogP contribution in [0.4, 0.5) is 0 Å². The van der Waals surface area contributed by atoms with Crippen LogP contribution in [0.5, 0.6) is 5.75 Å². The van der Waals surface area contributed by atoms with Crippen LogP contribution in [-0.2, 0) is 17.6 Å². The first kappa shape index (κ1) is 13.4. The summed E-state index contributed by atoms with van der Waals surface area (Å²) in [6.45, 7) is 3.36. The van der Waals surface area contributed by atoms with Crippen molar-refractivity contribution in [2.24, 2.45) is 0 Å². The van der Waals surface area contributed by atoms with Gasteiger partial charge in [0.15, 0.2) is 5.75 Å². The summed E-state index contributed by atoms with van der Waals surface area (Å²) in [5.74, 6) is 0.229. The summed E-state index contributed by atoms with van der Waals surface area (Å²) in [4.78, 5) is 16.2. The topological polar surface area (TPSA) is 38.3 Å². The fourth-order valence-corrected chi connectivity index (χ4v) is 2.62. The highest BCUT2D eigenvalue weighted by atomic mass is 16.7. The normalized spacial score (nSPS) is 12.6. The maximum atomic E-state index is 11.0. The van der Waals surface area contributed by atoms with Gasteiger partial charge in [-0.2, -0.15) is 5.48 Å². The van der Waals surface area contributed by atoms with Crippen LogP contribution in [0.1, 0.15) is 17.5 Å². The molecular weight excluding hydrogens is 262 g/mol. The third-order valence-corrected chi connectivity index (χ3v) is 3.74. The van der Waals surface area contributed by atoms with Crippen LogP contribution in [0.25, 0.3) is 11.1 Å². The number of carbonyl (C=O) groups is 1. The standard InChI is InChI=1S/C18H17NO2/c1-2-18(20)19-21-17-10-8-14(9-11-17)16-7-6-13-4-3-5-15(13)12-16/h2,6-12H,1,3-5H2,(H,19,20). The molecule has 0 aliphatic heterocycles. The third-order valence-electron chi connectivity index (χ3n) is 3.74. The monoisotopic (exact) mass is 279 g/mol. The van der Waals surface area contributed by atoms with Crippen molar-refractivity contribution in [3.8, 4) is 16.9 Å². The van der Waals surface area contributed by atoms with Gasteiger partial charge in [0.2, 0.25) is 0 Å². The quantitative estimate of drug-likeness (QED) is 0.687. The zero-order chi connectivity index (χ0) is 14.7. The van der Waals surface area contributed by atoms with Crippen LogP contribution < -0.4 is 10.3 Å². The average Bonchev–Trinajstić information content (AvgIpc) is 3.00. The van der Waals surface area contributed by atoms with Crippen molar-refractivity contribution in [3.63, 3.8) is 0 Å². The lowest BCUT2D eigenvalue weighted by Crippen LogP contribution is -2.24. The van der Waals surface area contributed by atoms with E-state index in [0.717, 1.165) is 5.56 Å². The molecule has 1 amide bonds. The van der Waals surface area contributed by atoms with Crippen molar-refractivity contribution in [1.29, 1.82) is 0 Å². The molecule has 2 aromatic rings. The lowest BCUT2D eigenvalue weighted by Gasteiger charge is -2.08. The van der Waals surface area contributed by atoms with Crippen molar-refractivity contribution in [2.45, 2.75) is 19.3 Å². The Labute approximate surface area is 124 Å². The molecule has 3 heteroatoms. The Morgan fingerprint density at radius 2 is 1.76 bits per heavy atom. The van der Waals surface area contributed by atoms with Gasteiger partial charge in [-0.1, -0.05) is 36.9 Å². The average molecular weight is 279 g/mol. The number of aryl methyl sites for hydroxylation is 2. The number of hydrogen-bond acceptors (Lipinski definition) is 2. The Bertz CT molecular complexity index is 674. The molecule has 0 bridgehead atoms. The minimum Gasteiger partial charge on any atom is -0.379 e. The molecule has 0 saturated heterocycles. The van der Waals surface area contributed by atoms with Gasteiger partial charge in [-0.05, 0) is 59.7 Å². The Morgan fingerprint density at radius 3 is 2.52 bits per heavy atom. The van der Waals surface area contributed by atoms with Crippen LogP contribution in [0.15, 0.2) is 55.1 Å². The first-order valence-corrected chi connectivity index (χ1v) is 7.08. The van der Waals surface area contributed by atoms with Gasteiger partial charge < -0.3 is 4.84 Å². The van der Waals surface area contributed by atoms with Gasteiger partial charge >= 0.3 is 0 Å². The van der Waals surface area contributed by atoms with Gasteiger partial charge in [0.05, 0.1) is 0 Å². The van der Waals surface area contributed by atoms with Gasteiger partial charge in [-0.15, -0.1) is 0 Å². The second kappa shape index (κ2) is 5.83. The highest BCUT2D eigenvalue weighted by Crippen LogP contribution is 2.28. The smallest absolute Gasteiger partial charge is 0.276 e. The minimum atomic E-state index is -0.363. The first-order chi connectivity index (χ1) is 10.3. The van der Waals surface area contributed by atoms with Crippen molar-refractivity contribution < 1.29 is 9.63 Å². The summed E-state index contributed by atoms with van der Waals surface area (Å²) < 4.78 is 0. The molecule has 106 valence electrons. The number of fused-ring (bicyclic) bond motifs is 1. The maximum absolute atomic E-state index is 11.0. The van der Waals surface area contributed by atoms with E-state index in [1.165, 1.54) is 42.0 Å². The number of carbonyl (C=O) groups excluding carboxylic acids is 1. The number of amides is 1. The predicted octanol–water partition coefficient (Wildman–Crippen LogP) is 3.44. The summed E-state index contributed by atoms with van der Waals surface area (Å²) in [6, 6.07) is 14.3. The van der Waals surface area contributed by atoms with Crippen LogP contribution >= 0.6 is 0 Å². The Balaban J connectivity index is 1.74. The van der Waals surface area contributed by atoms with Gasteiger partial charge in [-0.25, -0.2) is 0 Å². The fourth-order valence-electron chi connectivity index (χ4n) is 2.62. The largest absolute Gasteiger partial charge is 0.379 e. The van der Waals surface area contributed by atoms with E-state index in [4.69, 9.17) is 4.84 Å². The number of rotatable bonds is 4. The van der Waals surface area contributed by atoms with Gasteiger partial charge in [0.1, 0.15) is 0 Å². The molecule has 0 spiro atoms. The van der Waals surface area contributed by atoms with E-state index >= 15 is 0 Å². The summed E-state index contributed by atoms with van der Waals surface area (Å²) >= 11 is 0. The molecule has 3 rings (SSSR count). The Hall–Kier alpha value is -2.55. The third kappa shape index (κ3) is 2.97. The minimum absolute atomic E-state index is 0.363. The second-order valence-corrected chi connectivity index (χ2v) is 5.13. The van der Waals surface area contributed by atoms with Gasteiger partial charge in [0.25, 0.3) is 5.91 Å². The molecule has 0 aromatic heterocycles. The molecule has 0 unspecified atom stereocenters. The summed E-state index contributed by atoms with van der Waals surface area (Å²) in [5, 5.41) is 0. The van der Waals surface area contributed by atoms with Crippen molar-refractivity contribution in [3.05, 3.63) is 66.2 Å². The Morgan fingerprint density at radius 1 is 1.05 bits per heavy atom. The molecule has 1 aliphatic rings. The van der Waals surface area contributed by atoms with Gasteiger partial charge in [0, 0.05) is 0 Å². The van der Waals surface area contributed by atoms with E-state index < -0.39 is 0 Å². The number of hydrogen-bond donors (Lipinski definition) is 1. The highest BCUT2D eigenvalue weighted by Gasteiger charge is 2.11. The van der Waals surface area contributed by atoms with Crippen molar-refractivity contribution in [1.82, 2.24) is 5.48 Å². The van der Waals surface area contributed by atoms with Crippen molar-refractivity contribution >= 4 is 5.91 Å². The van der Waals surface area contributed by atoms with E-state index in [0.29, 0.717) is 5.75 Å². The number of hydroxylamine groups is 1. The summed E-state index contributed by atoms with van der Waals surface area (Å²) in [6.07, 6.45) is 4.80. The molecule has 0 saturated carbocycles. The van der Waals surface area contributed by atoms with Gasteiger partial charge in [-0.3, -0.25) is 4.79 Å². The zero-order valence-electron chi connectivity index (χ0n) is 11.8. The van der Waals surface area contributed by atoms with Crippen LogP contribution in [0.3, 0.4) is 0 Å². The number of benzene rings is 2. The van der Waals surface area contributed by atoms with Crippen LogP contribution in [-0.4, -0.2) is 5.91 Å². The SMILES string of the molecule is C=CC(=O)NOc1ccc(-c2ccc3c(c2)CCC3)cc1. The van der Waals surface area contributed by atoms with E-state index in [1.54, 1.807) is 0 Å². The fraction of sp³-hybridized carbons (Fsp3) is 0.167. The number of nitrogens with one attached hydrogen (secondary N) is 1. The van der Waals surface area contributed by atoms with E-state index in [9.17, 15) is 4.79 Å². The molecule has 1 aliphatic carbocycles. The second-order valence-electron chi connectivity index (χ2n) is 5.13. The van der Waals surface area contributed by atoms with Crippen LogP contribution in [0, 0.1) is 0 Å². The molecule has 3 nitrogen and oxygen atoms in total. The van der Waals surface area contributed by atoms with E-state index in [1.807, 2.05) is 24.3 Å². The van der Waals surface area contributed by atoms with Crippen LogP contribution in [0.2, 0.25) is 0 Å². The molecule has 0 radical (unpaired) electrons. The molecule has 2 aromatic carbocycles. The lowest BCUT2D eigenvalue weighted by molar-refractivity contribution is -0.122. The molecule has 0 atom stereocenters. The lowest BCUT2D eigenvalue weighted by atomic mass is 10.0. The molecular formula is C18H17NO2. The molecule has 0 fully saturated rings. The zero-order valence-corrected chi connectivity index (χ0v) is 11.8. The molecule has 1 N–H and O–H groups in total. The Kier molecular flexibility index (Phi) is 3.73. The van der Waals surface area contributed by atoms with E-state index in [-0.39, 0.29) is 5.91 Å². The molecule has 21 heavy (non-hydrogen) atoms. The highest BCUT2D eigenvalue weighted by molar-refractivity contribution is 5.86. The van der Waals surface area contributed by atoms with E-state index in [2.05, 4.69) is 30.3 Å².